The first-order chi connectivity index (χ1) is 10.1. The van der Waals surface area contributed by atoms with Gasteiger partial charge in [0.1, 0.15) is 5.82 Å². The number of aryl methyl sites for hydroxylation is 1. The Labute approximate surface area is 127 Å². The van der Waals surface area contributed by atoms with Crippen molar-refractivity contribution in [2.75, 3.05) is 18.0 Å². The molecule has 2 aliphatic rings. The molecule has 2 fully saturated rings. The molecule has 1 spiro atoms. The summed E-state index contributed by atoms with van der Waals surface area (Å²) in [7, 11) is 0. The number of hydrogen-bond donors (Lipinski definition) is 1. The predicted octanol–water partition coefficient (Wildman–Crippen LogP) is 4.03. The van der Waals surface area contributed by atoms with Gasteiger partial charge in [0.05, 0.1) is 0 Å². The van der Waals surface area contributed by atoms with Crippen LogP contribution >= 0.6 is 0 Å². The molecule has 0 aromatic heterocycles. The summed E-state index contributed by atoms with van der Waals surface area (Å²) in [6.07, 6.45) is 7.61. The molecule has 1 unspecified atom stereocenters. The largest absolute Gasteiger partial charge is 0.365 e. The van der Waals surface area contributed by atoms with E-state index in [9.17, 15) is 4.39 Å². The molecule has 1 aliphatic carbocycles. The molecule has 0 radical (unpaired) electrons. The zero-order valence-electron chi connectivity index (χ0n) is 13.3. The van der Waals surface area contributed by atoms with Crippen molar-refractivity contribution in [3.05, 3.63) is 29.6 Å². The van der Waals surface area contributed by atoms with E-state index in [0.717, 1.165) is 25.2 Å². The molecule has 1 N–H and O–H groups in total. The normalized spacial score (nSPS) is 25.3. The van der Waals surface area contributed by atoms with E-state index in [1.807, 2.05) is 6.07 Å². The Morgan fingerprint density at radius 2 is 2.05 bits per heavy atom. The summed E-state index contributed by atoms with van der Waals surface area (Å²) >= 11 is 0. The van der Waals surface area contributed by atoms with E-state index in [2.05, 4.69) is 24.1 Å². The quantitative estimate of drug-likeness (QED) is 0.885. The van der Waals surface area contributed by atoms with Crippen molar-refractivity contribution in [2.45, 2.75) is 64.0 Å². The number of halogens is 1. The minimum Gasteiger partial charge on any atom is -0.365 e. The van der Waals surface area contributed by atoms with Gasteiger partial charge in [-0.3, -0.25) is 0 Å². The van der Waals surface area contributed by atoms with Crippen LogP contribution in [0.2, 0.25) is 0 Å². The van der Waals surface area contributed by atoms with Crippen LogP contribution in [0.5, 0.6) is 0 Å². The highest BCUT2D eigenvalue weighted by Crippen LogP contribution is 2.35. The fourth-order valence-electron chi connectivity index (χ4n) is 4.06. The number of anilines is 1. The van der Waals surface area contributed by atoms with Crippen molar-refractivity contribution in [3.8, 4) is 0 Å². The minimum atomic E-state index is -0.123. The molecule has 1 atom stereocenters. The molecule has 116 valence electrons. The van der Waals surface area contributed by atoms with Crippen LogP contribution in [0.25, 0.3) is 0 Å². The van der Waals surface area contributed by atoms with Crippen LogP contribution in [0, 0.1) is 12.7 Å². The monoisotopic (exact) mass is 290 g/mol. The Kier molecular flexibility index (Phi) is 4.21. The van der Waals surface area contributed by atoms with Gasteiger partial charge in [-0.25, -0.2) is 4.39 Å². The van der Waals surface area contributed by atoms with Crippen molar-refractivity contribution in [3.63, 3.8) is 0 Å². The standard InChI is InChI=1S/C18H27FN2/c1-3-16-12-20-18(9-5-4-6-10-18)13-21(16)17-11-15(19)8-7-14(17)2/h7-8,11,16,20H,3-6,9-10,12-13H2,1-2H3. The summed E-state index contributed by atoms with van der Waals surface area (Å²) in [4.78, 5) is 2.47. The average Bonchev–Trinajstić information content (AvgIpc) is 2.50. The predicted molar refractivity (Wildman–Crippen MR) is 86.4 cm³/mol. The number of benzene rings is 1. The Bertz CT molecular complexity index is 494. The lowest BCUT2D eigenvalue weighted by atomic mass is 9.79. The molecule has 1 aliphatic heterocycles. The summed E-state index contributed by atoms with van der Waals surface area (Å²) < 4.78 is 13.7. The molecule has 3 rings (SSSR count). The number of nitrogens with one attached hydrogen (secondary N) is 1. The van der Waals surface area contributed by atoms with Crippen LogP contribution in [0.15, 0.2) is 18.2 Å². The van der Waals surface area contributed by atoms with Crippen LogP contribution < -0.4 is 10.2 Å². The second-order valence-electron chi connectivity index (χ2n) is 6.84. The highest BCUT2D eigenvalue weighted by molar-refractivity contribution is 5.55. The first-order valence-corrected chi connectivity index (χ1v) is 8.41. The maximum Gasteiger partial charge on any atom is 0.125 e. The lowest BCUT2D eigenvalue weighted by Crippen LogP contribution is -2.65. The molecule has 0 bridgehead atoms. The topological polar surface area (TPSA) is 15.3 Å². The first kappa shape index (κ1) is 14.8. The van der Waals surface area contributed by atoms with Gasteiger partial charge < -0.3 is 10.2 Å². The molecular weight excluding hydrogens is 263 g/mol. The highest BCUT2D eigenvalue weighted by atomic mass is 19.1. The first-order valence-electron chi connectivity index (χ1n) is 8.41. The highest BCUT2D eigenvalue weighted by Gasteiger charge is 2.39. The van der Waals surface area contributed by atoms with Crippen molar-refractivity contribution in [1.29, 1.82) is 0 Å². The minimum absolute atomic E-state index is 0.123. The summed E-state index contributed by atoms with van der Waals surface area (Å²) in [6, 6.07) is 5.67. The second kappa shape index (κ2) is 5.96. The van der Waals surface area contributed by atoms with E-state index in [1.165, 1.54) is 37.7 Å². The lowest BCUT2D eigenvalue weighted by Gasteiger charge is -2.51. The maximum absolute atomic E-state index is 13.7. The molecular formula is C18H27FN2. The summed E-state index contributed by atoms with van der Waals surface area (Å²) in [5, 5.41) is 3.83. The van der Waals surface area contributed by atoms with Crippen molar-refractivity contribution in [2.24, 2.45) is 0 Å². The van der Waals surface area contributed by atoms with E-state index in [0.29, 0.717) is 6.04 Å². The van der Waals surface area contributed by atoms with E-state index >= 15 is 0 Å². The maximum atomic E-state index is 13.7. The van der Waals surface area contributed by atoms with Gasteiger partial charge in [0.15, 0.2) is 0 Å². The van der Waals surface area contributed by atoms with Crippen molar-refractivity contribution >= 4 is 5.69 Å². The SMILES string of the molecule is CCC1CNC2(CCCCC2)CN1c1cc(F)ccc1C. The van der Waals surface area contributed by atoms with Gasteiger partial charge in [-0.1, -0.05) is 32.3 Å². The van der Waals surface area contributed by atoms with Gasteiger partial charge in [0.25, 0.3) is 0 Å². The van der Waals surface area contributed by atoms with E-state index in [1.54, 1.807) is 12.1 Å². The van der Waals surface area contributed by atoms with Gasteiger partial charge in [0, 0.05) is 30.4 Å². The summed E-state index contributed by atoms with van der Waals surface area (Å²) in [5.74, 6) is -0.123. The lowest BCUT2D eigenvalue weighted by molar-refractivity contribution is 0.195. The smallest absolute Gasteiger partial charge is 0.125 e. The Hall–Kier alpha value is -1.09. The molecule has 1 saturated heterocycles. The zero-order valence-corrected chi connectivity index (χ0v) is 13.3. The third kappa shape index (κ3) is 2.94. The Morgan fingerprint density at radius 1 is 1.29 bits per heavy atom. The number of hydrogen-bond acceptors (Lipinski definition) is 2. The fraction of sp³-hybridized carbons (Fsp3) is 0.667. The third-order valence-electron chi connectivity index (χ3n) is 5.39. The van der Waals surface area contributed by atoms with Gasteiger partial charge in [-0.2, -0.15) is 0 Å². The number of piperazine rings is 1. The van der Waals surface area contributed by atoms with Gasteiger partial charge in [-0.15, -0.1) is 0 Å². The molecule has 2 nitrogen and oxygen atoms in total. The average molecular weight is 290 g/mol. The number of nitrogens with zero attached hydrogens (tertiary/aromatic N) is 1. The molecule has 1 aromatic rings. The molecule has 1 saturated carbocycles. The van der Waals surface area contributed by atoms with Crippen LogP contribution in [-0.2, 0) is 0 Å². The van der Waals surface area contributed by atoms with Crippen LogP contribution in [-0.4, -0.2) is 24.7 Å². The Balaban J connectivity index is 1.90. The molecule has 0 amide bonds. The van der Waals surface area contributed by atoms with Crippen LogP contribution in [0.3, 0.4) is 0 Å². The van der Waals surface area contributed by atoms with Gasteiger partial charge >= 0.3 is 0 Å². The van der Waals surface area contributed by atoms with Gasteiger partial charge in [0.2, 0.25) is 0 Å². The van der Waals surface area contributed by atoms with E-state index in [4.69, 9.17) is 0 Å². The third-order valence-corrected chi connectivity index (χ3v) is 5.39. The molecule has 1 heterocycles. The molecule has 3 heteroatoms. The summed E-state index contributed by atoms with van der Waals surface area (Å²) in [5.41, 5.74) is 2.53. The molecule has 21 heavy (non-hydrogen) atoms. The van der Waals surface area contributed by atoms with Gasteiger partial charge in [-0.05, 0) is 43.9 Å². The van der Waals surface area contributed by atoms with E-state index in [-0.39, 0.29) is 11.4 Å². The second-order valence-corrected chi connectivity index (χ2v) is 6.84. The van der Waals surface area contributed by atoms with Crippen molar-refractivity contribution in [1.82, 2.24) is 5.32 Å². The number of rotatable bonds is 2. The zero-order chi connectivity index (χ0) is 14.9. The summed E-state index contributed by atoms with van der Waals surface area (Å²) in [6.45, 7) is 6.37. The molecule has 1 aromatic carbocycles. The Morgan fingerprint density at radius 3 is 2.76 bits per heavy atom. The van der Waals surface area contributed by atoms with Crippen molar-refractivity contribution < 1.29 is 4.39 Å². The fourth-order valence-corrected chi connectivity index (χ4v) is 4.06. The van der Waals surface area contributed by atoms with Crippen LogP contribution in [0.4, 0.5) is 10.1 Å². The van der Waals surface area contributed by atoms with Crippen LogP contribution in [0.1, 0.15) is 51.0 Å². The van der Waals surface area contributed by atoms with E-state index < -0.39 is 0 Å².